The van der Waals surface area contributed by atoms with Crippen LogP contribution in [0.2, 0.25) is 0 Å². The number of hydrogen-bond donors (Lipinski definition) is 2. The number of nitrogens with one attached hydrogen (secondary N) is 2. The molecule has 0 radical (unpaired) electrons. The van der Waals surface area contributed by atoms with Gasteiger partial charge in [-0.1, -0.05) is 129 Å². The molecule has 2 aliphatic heterocycles. The van der Waals surface area contributed by atoms with Crippen molar-refractivity contribution >= 4 is 0 Å². The Kier molecular flexibility index (Phi) is 25.4. The molecule has 2 atom stereocenters. The van der Waals surface area contributed by atoms with Crippen LogP contribution < -0.4 is 10.6 Å². The van der Waals surface area contributed by atoms with Crippen molar-refractivity contribution < 1.29 is 19.5 Å². The van der Waals surface area contributed by atoms with Crippen LogP contribution in [0.5, 0.6) is 0 Å². The fourth-order valence-corrected chi connectivity index (χ4v) is 4.30. The number of unbranched alkanes of at least 4 members (excludes halogenated alkanes) is 16. The zero-order valence-electron chi connectivity index (χ0n) is 22.2. The summed E-state index contributed by atoms with van der Waals surface area (Å²) in [6, 6.07) is 0. The SMILES string of the molecule is CCCCCCCCCCCC1[N-]C=CN1.CCCCCCCCCCCC1[N-]C=CN1.[Zn+2]. The van der Waals surface area contributed by atoms with E-state index in [-0.39, 0.29) is 19.5 Å². The Morgan fingerprint density at radius 2 is 0.788 bits per heavy atom. The fourth-order valence-electron chi connectivity index (χ4n) is 4.30. The molecule has 0 amide bonds. The van der Waals surface area contributed by atoms with Gasteiger partial charge in [0.2, 0.25) is 0 Å². The van der Waals surface area contributed by atoms with Crippen LogP contribution in [0.4, 0.5) is 0 Å². The first-order valence-electron chi connectivity index (χ1n) is 14.1. The van der Waals surface area contributed by atoms with Gasteiger partial charge in [-0.05, 0) is 37.6 Å². The van der Waals surface area contributed by atoms with Gasteiger partial charge in [-0.2, -0.15) is 12.4 Å². The first kappa shape index (κ1) is 32.3. The molecule has 0 aromatic rings. The molecule has 5 heteroatoms. The summed E-state index contributed by atoms with van der Waals surface area (Å²) < 4.78 is 0. The summed E-state index contributed by atoms with van der Waals surface area (Å²) in [6.07, 6.45) is 36.0. The Labute approximate surface area is 219 Å². The van der Waals surface area contributed by atoms with Crippen molar-refractivity contribution in [3.8, 4) is 0 Å². The van der Waals surface area contributed by atoms with Crippen LogP contribution in [-0.4, -0.2) is 12.3 Å². The number of rotatable bonds is 20. The summed E-state index contributed by atoms with van der Waals surface area (Å²) in [7, 11) is 0. The van der Waals surface area contributed by atoms with E-state index in [1.165, 1.54) is 128 Å². The van der Waals surface area contributed by atoms with Gasteiger partial charge < -0.3 is 21.3 Å². The molecule has 0 spiro atoms. The van der Waals surface area contributed by atoms with E-state index in [9.17, 15) is 0 Å². The molecule has 4 nitrogen and oxygen atoms in total. The van der Waals surface area contributed by atoms with E-state index in [4.69, 9.17) is 0 Å². The molecule has 0 saturated heterocycles. The summed E-state index contributed by atoms with van der Waals surface area (Å²) in [5.74, 6) is 0. The monoisotopic (exact) mass is 510 g/mol. The third-order valence-electron chi connectivity index (χ3n) is 6.42. The van der Waals surface area contributed by atoms with E-state index < -0.39 is 0 Å². The van der Waals surface area contributed by atoms with Crippen LogP contribution in [-0.2, 0) is 19.5 Å². The average molecular weight is 512 g/mol. The molecule has 2 aliphatic rings. The third-order valence-corrected chi connectivity index (χ3v) is 6.42. The molecule has 0 aromatic heterocycles. The summed E-state index contributed by atoms with van der Waals surface area (Å²) in [5.41, 5.74) is 0. The molecular weight excluding hydrogens is 458 g/mol. The average Bonchev–Trinajstić information content (AvgIpc) is 3.52. The summed E-state index contributed by atoms with van der Waals surface area (Å²) in [4.78, 5) is 0. The molecule has 33 heavy (non-hydrogen) atoms. The minimum atomic E-state index is 0. The van der Waals surface area contributed by atoms with Crippen molar-refractivity contribution in [2.45, 2.75) is 155 Å². The van der Waals surface area contributed by atoms with E-state index in [1.807, 2.05) is 24.8 Å². The zero-order valence-corrected chi connectivity index (χ0v) is 25.2. The van der Waals surface area contributed by atoms with Gasteiger partial charge >= 0.3 is 19.5 Å². The third kappa shape index (κ3) is 21.6. The summed E-state index contributed by atoms with van der Waals surface area (Å²) >= 11 is 0. The van der Waals surface area contributed by atoms with Crippen LogP contribution in [0.1, 0.15) is 142 Å². The van der Waals surface area contributed by atoms with Crippen molar-refractivity contribution in [1.29, 1.82) is 0 Å². The quantitative estimate of drug-likeness (QED) is 0.126. The predicted molar refractivity (Wildman–Crippen MR) is 143 cm³/mol. The second kappa shape index (κ2) is 25.9. The van der Waals surface area contributed by atoms with Crippen LogP contribution in [0.25, 0.3) is 10.6 Å². The molecule has 0 aromatic carbocycles. The van der Waals surface area contributed by atoms with Crippen molar-refractivity contribution in [2.75, 3.05) is 0 Å². The van der Waals surface area contributed by atoms with Gasteiger partial charge in [0, 0.05) is 0 Å². The Balaban J connectivity index is 0.000000602. The first-order valence-corrected chi connectivity index (χ1v) is 14.1. The topological polar surface area (TPSA) is 52.3 Å². The van der Waals surface area contributed by atoms with Gasteiger partial charge in [0.15, 0.2) is 0 Å². The molecule has 2 N–H and O–H groups in total. The van der Waals surface area contributed by atoms with Crippen molar-refractivity contribution in [1.82, 2.24) is 10.6 Å². The molecule has 0 aliphatic carbocycles. The number of hydrogen-bond acceptors (Lipinski definition) is 2. The molecule has 2 heterocycles. The van der Waals surface area contributed by atoms with E-state index in [1.54, 1.807) is 0 Å². The Hall–Kier alpha value is -0.697. The molecule has 0 bridgehead atoms. The van der Waals surface area contributed by atoms with Crippen molar-refractivity contribution in [3.05, 3.63) is 35.4 Å². The normalized spacial score (nSPS) is 17.9. The maximum atomic E-state index is 4.31. The minimum Gasteiger partial charge on any atom is -0.671 e. The predicted octanol–water partition coefficient (Wildman–Crippen LogP) is 9.36. The largest absolute Gasteiger partial charge is 2.00 e. The molecule has 0 fully saturated rings. The summed E-state index contributed by atoms with van der Waals surface area (Å²) in [5, 5.41) is 15.1. The van der Waals surface area contributed by atoms with Gasteiger partial charge in [0.25, 0.3) is 0 Å². The fraction of sp³-hybridized carbons (Fsp3) is 0.857. The van der Waals surface area contributed by atoms with Crippen molar-refractivity contribution in [3.63, 3.8) is 0 Å². The second-order valence-corrected chi connectivity index (χ2v) is 9.53. The van der Waals surface area contributed by atoms with E-state index in [0.29, 0.717) is 12.3 Å². The molecule has 0 saturated carbocycles. The van der Waals surface area contributed by atoms with Gasteiger partial charge in [-0.3, -0.25) is 0 Å². The smallest absolute Gasteiger partial charge is 0.671 e. The Bertz CT molecular complexity index is 386. The zero-order chi connectivity index (χ0) is 23.0. The minimum absolute atomic E-state index is 0. The van der Waals surface area contributed by atoms with Gasteiger partial charge in [0.05, 0.1) is 0 Å². The number of nitrogens with zero attached hydrogens (tertiary/aromatic N) is 2. The molecule has 2 rings (SSSR count). The second-order valence-electron chi connectivity index (χ2n) is 9.53. The van der Waals surface area contributed by atoms with Gasteiger partial charge in [0.1, 0.15) is 0 Å². The standard InChI is InChI=1S/2C14H27N2.Zn/c2*1-2-3-4-5-6-7-8-9-10-11-14-15-12-13-16-14;/h2*12-15H,2-11H2,1H3;/q2*-1;+2. The van der Waals surface area contributed by atoms with Crippen LogP contribution in [0, 0.1) is 0 Å². The maximum Gasteiger partial charge on any atom is 2.00 e. The molecule has 188 valence electrons. The first-order chi connectivity index (χ1) is 15.9. The maximum absolute atomic E-state index is 4.31. The molecule has 2 unspecified atom stereocenters. The Morgan fingerprint density at radius 1 is 0.485 bits per heavy atom. The van der Waals surface area contributed by atoms with Crippen LogP contribution >= 0.6 is 0 Å². The van der Waals surface area contributed by atoms with Crippen molar-refractivity contribution in [2.24, 2.45) is 0 Å². The van der Waals surface area contributed by atoms with Gasteiger partial charge in [-0.25, -0.2) is 0 Å². The van der Waals surface area contributed by atoms with Crippen LogP contribution in [0.15, 0.2) is 24.8 Å². The molecular formula is C28H54N4Zn. The Morgan fingerprint density at radius 3 is 1.06 bits per heavy atom. The van der Waals surface area contributed by atoms with E-state index in [0.717, 1.165) is 0 Å². The van der Waals surface area contributed by atoms with E-state index >= 15 is 0 Å². The van der Waals surface area contributed by atoms with E-state index in [2.05, 4.69) is 35.1 Å². The van der Waals surface area contributed by atoms with Gasteiger partial charge in [-0.15, -0.1) is 0 Å². The van der Waals surface area contributed by atoms with Crippen LogP contribution in [0.3, 0.4) is 0 Å². The summed E-state index contributed by atoms with van der Waals surface area (Å²) in [6.45, 7) is 4.55.